The average Bonchev–Trinajstić information content (AvgIpc) is 3.18. The molecule has 9 heteroatoms. The molecular formula is C13H16F3N3O2S. The molecule has 2 N–H and O–H groups in total. The van der Waals surface area contributed by atoms with Gasteiger partial charge in [-0.2, -0.15) is 13.2 Å². The molecule has 2 unspecified atom stereocenters. The fourth-order valence-electron chi connectivity index (χ4n) is 2.54. The van der Waals surface area contributed by atoms with Crippen molar-refractivity contribution in [1.29, 1.82) is 0 Å². The summed E-state index contributed by atoms with van der Waals surface area (Å²) in [5.41, 5.74) is 0. The van der Waals surface area contributed by atoms with E-state index in [1.165, 1.54) is 12.8 Å². The first-order chi connectivity index (χ1) is 10.4. The van der Waals surface area contributed by atoms with E-state index in [4.69, 9.17) is 4.74 Å². The van der Waals surface area contributed by atoms with Crippen molar-refractivity contribution in [2.24, 2.45) is 5.92 Å². The molecule has 1 aromatic heterocycles. The number of anilines is 1. The van der Waals surface area contributed by atoms with Crippen LogP contribution >= 0.6 is 11.3 Å². The van der Waals surface area contributed by atoms with Crippen LogP contribution in [0.3, 0.4) is 0 Å². The van der Waals surface area contributed by atoms with Gasteiger partial charge in [0, 0.05) is 12.6 Å². The van der Waals surface area contributed by atoms with E-state index in [2.05, 4.69) is 15.6 Å². The molecule has 5 nitrogen and oxygen atoms in total. The molecule has 0 radical (unpaired) electrons. The monoisotopic (exact) mass is 335 g/mol. The van der Waals surface area contributed by atoms with Crippen molar-refractivity contribution in [1.82, 2.24) is 10.3 Å². The number of carbonyl (C=O) groups is 1. The van der Waals surface area contributed by atoms with Crippen LogP contribution in [0.5, 0.6) is 0 Å². The largest absolute Gasteiger partial charge is 0.427 e. The van der Waals surface area contributed by atoms with Gasteiger partial charge in [0.15, 0.2) is 5.13 Å². The van der Waals surface area contributed by atoms with Gasteiger partial charge in [-0.05, 0) is 31.6 Å². The zero-order valence-corrected chi connectivity index (χ0v) is 12.5. The number of hydrogen-bond acceptors (Lipinski definition) is 4. The van der Waals surface area contributed by atoms with Gasteiger partial charge in [0.1, 0.15) is 4.88 Å². The topological polar surface area (TPSA) is 63.2 Å². The molecule has 2 amide bonds. The second-order valence-electron chi connectivity index (χ2n) is 5.59. The summed E-state index contributed by atoms with van der Waals surface area (Å²) in [4.78, 5) is 14.6. The van der Waals surface area contributed by atoms with E-state index in [0.29, 0.717) is 30.3 Å². The lowest BCUT2D eigenvalue weighted by molar-refractivity contribution is -0.134. The molecule has 0 aromatic carbocycles. The Kier molecular flexibility index (Phi) is 4.26. The molecule has 22 heavy (non-hydrogen) atoms. The number of halogens is 3. The number of hydrogen-bond donors (Lipinski definition) is 2. The molecule has 122 valence electrons. The predicted octanol–water partition coefficient (Wildman–Crippen LogP) is 3.24. The number of urea groups is 1. The number of nitrogens with one attached hydrogen (secondary N) is 2. The molecule has 2 aliphatic rings. The number of ether oxygens (including phenoxy) is 1. The van der Waals surface area contributed by atoms with Crippen LogP contribution in [-0.2, 0) is 10.9 Å². The fourth-order valence-corrected chi connectivity index (χ4v) is 3.22. The summed E-state index contributed by atoms with van der Waals surface area (Å²) in [5, 5.41) is 5.08. The highest BCUT2D eigenvalue weighted by molar-refractivity contribution is 7.15. The Hall–Kier alpha value is -1.35. The number of amides is 2. The van der Waals surface area contributed by atoms with Crippen LogP contribution < -0.4 is 10.6 Å². The van der Waals surface area contributed by atoms with Crippen LogP contribution in [0.4, 0.5) is 23.1 Å². The molecular weight excluding hydrogens is 319 g/mol. The van der Waals surface area contributed by atoms with Gasteiger partial charge in [-0.3, -0.25) is 5.32 Å². The highest BCUT2D eigenvalue weighted by atomic mass is 32.1. The quantitative estimate of drug-likeness (QED) is 0.891. The van der Waals surface area contributed by atoms with Crippen molar-refractivity contribution in [3.63, 3.8) is 0 Å². The Morgan fingerprint density at radius 1 is 1.36 bits per heavy atom. The average molecular weight is 335 g/mol. The van der Waals surface area contributed by atoms with Crippen molar-refractivity contribution < 1.29 is 22.7 Å². The van der Waals surface area contributed by atoms with Gasteiger partial charge < -0.3 is 10.1 Å². The molecule has 1 saturated carbocycles. The van der Waals surface area contributed by atoms with Gasteiger partial charge in [-0.15, -0.1) is 0 Å². The van der Waals surface area contributed by atoms with Crippen LogP contribution in [-0.4, -0.2) is 29.8 Å². The smallest absolute Gasteiger partial charge is 0.378 e. The zero-order valence-electron chi connectivity index (χ0n) is 11.7. The second-order valence-corrected chi connectivity index (χ2v) is 6.62. The van der Waals surface area contributed by atoms with E-state index < -0.39 is 17.1 Å². The maximum atomic E-state index is 12.5. The first-order valence-corrected chi connectivity index (χ1v) is 7.95. The number of thiazole rings is 1. The third-order valence-corrected chi connectivity index (χ3v) is 4.76. The fraction of sp³-hybridized carbons (Fsp3) is 0.692. The molecule has 1 aliphatic carbocycles. The lowest BCUT2D eigenvalue weighted by Gasteiger charge is -2.30. The minimum Gasteiger partial charge on any atom is -0.378 e. The molecule has 2 fully saturated rings. The van der Waals surface area contributed by atoms with Crippen LogP contribution in [0.25, 0.3) is 0 Å². The van der Waals surface area contributed by atoms with E-state index >= 15 is 0 Å². The summed E-state index contributed by atoms with van der Waals surface area (Å²) in [6.45, 7) is 0.599. The summed E-state index contributed by atoms with van der Waals surface area (Å²) < 4.78 is 43.1. The molecule has 2 atom stereocenters. The molecule has 2 heterocycles. The molecule has 1 aliphatic heterocycles. The van der Waals surface area contributed by atoms with Gasteiger partial charge in [-0.1, -0.05) is 11.3 Å². The molecule has 0 bridgehead atoms. The SMILES string of the molecule is O=C(Nc1ncc(C(F)(F)F)s1)NC1CCOC(C2CC2)C1. The minimum atomic E-state index is -4.44. The maximum Gasteiger partial charge on any atom is 0.427 e. The highest BCUT2D eigenvalue weighted by Gasteiger charge is 2.36. The normalized spacial score (nSPS) is 25.8. The van der Waals surface area contributed by atoms with Crippen LogP contribution in [0.2, 0.25) is 0 Å². The van der Waals surface area contributed by atoms with Crippen LogP contribution in [0, 0.1) is 5.92 Å². The number of aromatic nitrogens is 1. The van der Waals surface area contributed by atoms with Crippen molar-refractivity contribution in [2.75, 3.05) is 11.9 Å². The van der Waals surface area contributed by atoms with Gasteiger partial charge in [0.2, 0.25) is 0 Å². The van der Waals surface area contributed by atoms with Crippen molar-refractivity contribution in [3.05, 3.63) is 11.1 Å². The summed E-state index contributed by atoms with van der Waals surface area (Å²) in [6, 6.07) is -0.536. The van der Waals surface area contributed by atoms with E-state index in [9.17, 15) is 18.0 Å². The second kappa shape index (κ2) is 6.04. The van der Waals surface area contributed by atoms with Crippen LogP contribution in [0.1, 0.15) is 30.6 Å². The van der Waals surface area contributed by atoms with Gasteiger partial charge in [0.25, 0.3) is 0 Å². The Labute approximate surface area is 129 Å². The number of carbonyl (C=O) groups excluding carboxylic acids is 1. The van der Waals surface area contributed by atoms with Crippen molar-refractivity contribution in [3.8, 4) is 0 Å². The standard InChI is InChI=1S/C13H16F3N3O2S/c14-13(15,16)10-6-17-12(22-10)19-11(20)18-8-3-4-21-9(5-8)7-1-2-7/h6-9H,1-5H2,(H2,17,18,19,20). The van der Waals surface area contributed by atoms with Crippen molar-refractivity contribution >= 4 is 22.5 Å². The zero-order chi connectivity index (χ0) is 15.7. The third kappa shape index (κ3) is 3.89. The molecule has 1 aromatic rings. The lowest BCUT2D eigenvalue weighted by Crippen LogP contribution is -2.44. The number of rotatable bonds is 3. The third-order valence-electron chi connectivity index (χ3n) is 3.80. The van der Waals surface area contributed by atoms with Gasteiger partial charge >= 0.3 is 12.2 Å². The highest BCUT2D eigenvalue weighted by Crippen LogP contribution is 2.38. The van der Waals surface area contributed by atoms with Crippen molar-refractivity contribution in [2.45, 2.75) is 44.0 Å². The first-order valence-electron chi connectivity index (χ1n) is 7.14. The minimum absolute atomic E-state index is 0.0126. The Bertz CT molecular complexity index is 545. The Balaban J connectivity index is 1.50. The predicted molar refractivity (Wildman–Crippen MR) is 74.8 cm³/mol. The first kappa shape index (κ1) is 15.5. The van der Waals surface area contributed by atoms with E-state index in [0.717, 1.165) is 12.6 Å². The number of nitrogens with zero attached hydrogens (tertiary/aromatic N) is 1. The van der Waals surface area contributed by atoms with E-state index in [1.807, 2.05) is 0 Å². The summed E-state index contributed by atoms with van der Waals surface area (Å²) in [5.74, 6) is 0.598. The summed E-state index contributed by atoms with van der Waals surface area (Å²) in [6.07, 6.45) is 0.276. The van der Waals surface area contributed by atoms with E-state index in [-0.39, 0.29) is 17.3 Å². The molecule has 1 saturated heterocycles. The summed E-state index contributed by atoms with van der Waals surface area (Å²) >= 11 is 0.413. The van der Waals surface area contributed by atoms with Gasteiger partial charge in [-0.25, -0.2) is 9.78 Å². The Morgan fingerprint density at radius 2 is 2.14 bits per heavy atom. The van der Waals surface area contributed by atoms with Gasteiger partial charge in [0.05, 0.1) is 12.3 Å². The number of alkyl halides is 3. The van der Waals surface area contributed by atoms with E-state index in [1.54, 1.807) is 0 Å². The molecule has 3 rings (SSSR count). The molecule has 0 spiro atoms. The summed E-state index contributed by atoms with van der Waals surface area (Å²) in [7, 11) is 0. The van der Waals surface area contributed by atoms with Crippen LogP contribution in [0.15, 0.2) is 6.20 Å². The maximum absolute atomic E-state index is 12.5. The Morgan fingerprint density at radius 3 is 2.77 bits per heavy atom. The lowest BCUT2D eigenvalue weighted by atomic mass is 10.0.